The van der Waals surface area contributed by atoms with Crippen LogP contribution in [0.5, 0.6) is 0 Å². The van der Waals surface area contributed by atoms with Crippen LogP contribution in [0.15, 0.2) is 18.3 Å². The Labute approximate surface area is 80.8 Å². The number of anilines is 1. The molecule has 14 heavy (non-hydrogen) atoms. The van der Waals surface area contributed by atoms with Crippen LogP contribution in [0, 0.1) is 0 Å². The van der Waals surface area contributed by atoms with E-state index >= 15 is 0 Å². The molecule has 0 atom stereocenters. The van der Waals surface area contributed by atoms with Crippen molar-refractivity contribution in [3.05, 3.63) is 23.9 Å². The van der Waals surface area contributed by atoms with Gasteiger partial charge in [0, 0.05) is 12.6 Å². The number of hydrogen-bond acceptors (Lipinski definition) is 3. The number of aromatic nitrogens is 1. The van der Waals surface area contributed by atoms with E-state index in [-0.39, 0.29) is 18.0 Å². The second-order valence-corrected chi connectivity index (χ2v) is 2.86. The SMILES string of the molecule is CC(=O)Cc1ccnc(NC(=O)O)c1. The van der Waals surface area contributed by atoms with Crippen molar-refractivity contribution < 1.29 is 14.7 Å². The lowest BCUT2D eigenvalue weighted by Gasteiger charge is -2.01. The molecule has 1 aromatic rings. The number of pyridine rings is 1. The van der Waals surface area contributed by atoms with Crippen LogP contribution >= 0.6 is 0 Å². The van der Waals surface area contributed by atoms with Crippen LogP contribution in [0.25, 0.3) is 0 Å². The van der Waals surface area contributed by atoms with Gasteiger partial charge in [0.05, 0.1) is 0 Å². The van der Waals surface area contributed by atoms with E-state index in [9.17, 15) is 9.59 Å². The van der Waals surface area contributed by atoms with Crippen molar-refractivity contribution in [2.45, 2.75) is 13.3 Å². The summed E-state index contributed by atoms with van der Waals surface area (Å²) >= 11 is 0. The van der Waals surface area contributed by atoms with Gasteiger partial charge in [0.25, 0.3) is 0 Å². The summed E-state index contributed by atoms with van der Waals surface area (Å²) in [6, 6.07) is 3.21. The maximum atomic E-state index is 10.8. The smallest absolute Gasteiger partial charge is 0.410 e. The molecular weight excluding hydrogens is 184 g/mol. The average molecular weight is 194 g/mol. The van der Waals surface area contributed by atoms with Crippen molar-refractivity contribution in [1.82, 2.24) is 4.98 Å². The summed E-state index contributed by atoms with van der Waals surface area (Å²) in [5.74, 6) is 0.258. The molecule has 0 aromatic carbocycles. The first-order chi connectivity index (χ1) is 6.58. The topological polar surface area (TPSA) is 79.3 Å². The lowest BCUT2D eigenvalue weighted by molar-refractivity contribution is -0.116. The van der Waals surface area contributed by atoms with Gasteiger partial charge >= 0.3 is 6.09 Å². The van der Waals surface area contributed by atoms with Crippen LogP contribution in [0.1, 0.15) is 12.5 Å². The summed E-state index contributed by atoms with van der Waals surface area (Å²) in [5.41, 5.74) is 0.747. The minimum atomic E-state index is -1.17. The Hall–Kier alpha value is -1.91. The normalized spacial score (nSPS) is 9.50. The average Bonchev–Trinajstić information content (AvgIpc) is 2.01. The van der Waals surface area contributed by atoms with Crippen molar-refractivity contribution in [2.75, 3.05) is 5.32 Å². The largest absolute Gasteiger partial charge is 0.465 e. The molecule has 0 unspecified atom stereocenters. The first-order valence-corrected chi connectivity index (χ1v) is 4.02. The van der Waals surface area contributed by atoms with Crippen LogP contribution in [0.3, 0.4) is 0 Å². The van der Waals surface area contributed by atoms with E-state index in [1.807, 2.05) is 0 Å². The highest BCUT2D eigenvalue weighted by Gasteiger charge is 2.02. The van der Waals surface area contributed by atoms with Crippen LogP contribution in [-0.4, -0.2) is 22.0 Å². The summed E-state index contributed by atoms with van der Waals surface area (Å²) in [6.07, 6.45) is 0.581. The van der Waals surface area contributed by atoms with Crippen LogP contribution in [0.2, 0.25) is 0 Å². The van der Waals surface area contributed by atoms with E-state index in [1.54, 1.807) is 6.07 Å². The zero-order valence-corrected chi connectivity index (χ0v) is 7.65. The van der Waals surface area contributed by atoms with Gasteiger partial charge in [-0.1, -0.05) is 0 Å². The third kappa shape index (κ3) is 3.22. The quantitative estimate of drug-likeness (QED) is 0.760. The molecule has 5 nitrogen and oxygen atoms in total. The van der Waals surface area contributed by atoms with Gasteiger partial charge < -0.3 is 5.11 Å². The van der Waals surface area contributed by atoms with E-state index in [0.717, 1.165) is 5.56 Å². The standard InChI is InChI=1S/C9H10N2O3/c1-6(12)4-7-2-3-10-8(5-7)11-9(13)14/h2-3,5H,4H2,1H3,(H,10,11)(H,13,14). The van der Waals surface area contributed by atoms with Crippen LogP contribution in [0.4, 0.5) is 10.6 Å². The van der Waals surface area contributed by atoms with Gasteiger partial charge in [0.2, 0.25) is 0 Å². The Morgan fingerprint density at radius 1 is 1.57 bits per heavy atom. The molecule has 74 valence electrons. The van der Waals surface area contributed by atoms with E-state index in [0.29, 0.717) is 0 Å². The Bertz CT molecular complexity index is 332. The number of amides is 1. The van der Waals surface area contributed by atoms with Gasteiger partial charge in [-0.2, -0.15) is 0 Å². The third-order valence-electron chi connectivity index (χ3n) is 1.51. The van der Waals surface area contributed by atoms with Crippen molar-refractivity contribution in [3.8, 4) is 0 Å². The summed E-state index contributed by atoms with van der Waals surface area (Å²) in [7, 11) is 0. The van der Waals surface area contributed by atoms with E-state index < -0.39 is 6.09 Å². The molecule has 0 radical (unpaired) electrons. The number of rotatable bonds is 3. The number of nitrogens with one attached hydrogen (secondary N) is 1. The molecule has 0 aliphatic rings. The molecule has 1 rings (SSSR count). The number of carboxylic acid groups (broad SMARTS) is 1. The molecule has 1 amide bonds. The molecule has 1 heterocycles. The second kappa shape index (κ2) is 4.36. The van der Waals surface area contributed by atoms with E-state index in [2.05, 4.69) is 10.3 Å². The molecule has 2 N–H and O–H groups in total. The molecule has 0 aliphatic heterocycles. The summed E-state index contributed by atoms with van der Waals surface area (Å²) < 4.78 is 0. The second-order valence-electron chi connectivity index (χ2n) is 2.86. The highest BCUT2D eigenvalue weighted by molar-refractivity contribution is 5.82. The predicted molar refractivity (Wildman–Crippen MR) is 50.3 cm³/mol. The fraction of sp³-hybridized carbons (Fsp3) is 0.222. The predicted octanol–water partition coefficient (Wildman–Crippen LogP) is 1.30. The zero-order chi connectivity index (χ0) is 10.6. The lowest BCUT2D eigenvalue weighted by atomic mass is 10.1. The molecule has 0 saturated carbocycles. The molecular formula is C9H10N2O3. The van der Waals surface area contributed by atoms with Gasteiger partial charge in [-0.25, -0.2) is 9.78 Å². The lowest BCUT2D eigenvalue weighted by Crippen LogP contribution is -2.09. The van der Waals surface area contributed by atoms with Crippen LogP contribution < -0.4 is 5.32 Å². The Morgan fingerprint density at radius 2 is 2.29 bits per heavy atom. The van der Waals surface area contributed by atoms with Gasteiger partial charge in [-0.3, -0.25) is 10.1 Å². The first-order valence-electron chi connectivity index (χ1n) is 4.02. The molecule has 5 heteroatoms. The van der Waals surface area contributed by atoms with E-state index in [4.69, 9.17) is 5.11 Å². The fourth-order valence-electron chi connectivity index (χ4n) is 1.05. The molecule has 0 saturated heterocycles. The maximum absolute atomic E-state index is 10.8. The Kier molecular flexibility index (Phi) is 3.17. The number of hydrogen-bond donors (Lipinski definition) is 2. The molecule has 0 fully saturated rings. The highest BCUT2D eigenvalue weighted by atomic mass is 16.4. The number of carbonyl (C=O) groups excluding carboxylic acids is 1. The van der Waals surface area contributed by atoms with Crippen molar-refractivity contribution in [1.29, 1.82) is 0 Å². The summed E-state index contributed by atoms with van der Waals surface area (Å²) in [6.45, 7) is 1.48. The monoisotopic (exact) mass is 194 g/mol. The molecule has 0 spiro atoms. The fourth-order valence-corrected chi connectivity index (χ4v) is 1.05. The highest BCUT2D eigenvalue weighted by Crippen LogP contribution is 2.07. The minimum absolute atomic E-state index is 0.0254. The Morgan fingerprint density at radius 3 is 2.86 bits per heavy atom. The van der Waals surface area contributed by atoms with Crippen LogP contribution in [-0.2, 0) is 11.2 Å². The van der Waals surface area contributed by atoms with Gasteiger partial charge in [-0.05, 0) is 24.6 Å². The Balaban J connectivity index is 2.78. The number of nitrogens with zero attached hydrogens (tertiary/aromatic N) is 1. The van der Waals surface area contributed by atoms with Gasteiger partial charge in [0.1, 0.15) is 11.6 Å². The van der Waals surface area contributed by atoms with Crippen molar-refractivity contribution >= 4 is 17.7 Å². The summed E-state index contributed by atoms with van der Waals surface area (Å²) in [4.78, 5) is 24.9. The molecule has 0 aliphatic carbocycles. The zero-order valence-electron chi connectivity index (χ0n) is 7.65. The van der Waals surface area contributed by atoms with Gasteiger partial charge in [-0.15, -0.1) is 0 Å². The van der Waals surface area contributed by atoms with Gasteiger partial charge in [0.15, 0.2) is 0 Å². The third-order valence-corrected chi connectivity index (χ3v) is 1.51. The number of ketones is 1. The first kappa shape index (κ1) is 10.2. The number of carbonyl (C=O) groups is 2. The minimum Gasteiger partial charge on any atom is -0.465 e. The maximum Gasteiger partial charge on any atom is 0.410 e. The van der Waals surface area contributed by atoms with Crippen molar-refractivity contribution in [3.63, 3.8) is 0 Å². The van der Waals surface area contributed by atoms with Crippen molar-refractivity contribution in [2.24, 2.45) is 0 Å². The molecule has 0 bridgehead atoms. The molecule has 1 aromatic heterocycles. The summed E-state index contributed by atoms with van der Waals surface area (Å²) in [5, 5.41) is 10.5. The number of Topliss-reactive ketones (excluding diaryl/α,β-unsaturated/α-hetero) is 1. The van der Waals surface area contributed by atoms with E-state index in [1.165, 1.54) is 19.2 Å².